The van der Waals surface area contributed by atoms with Gasteiger partial charge in [-0.3, -0.25) is 4.68 Å². The van der Waals surface area contributed by atoms with Crippen molar-refractivity contribution in [3.05, 3.63) is 64.7 Å². The van der Waals surface area contributed by atoms with E-state index >= 15 is 0 Å². The number of aryl methyl sites for hydroxylation is 4. The largest absolute Gasteiger partial charge is 0.357 e. The second-order valence-corrected chi connectivity index (χ2v) is 7.52. The lowest BCUT2D eigenvalue weighted by atomic mass is 10.2. The Morgan fingerprint density at radius 3 is 2.42 bits per heavy atom. The van der Waals surface area contributed by atoms with Crippen molar-refractivity contribution in [3.8, 4) is 5.69 Å². The molecule has 0 amide bonds. The molecule has 0 aliphatic rings. The number of para-hydroxylation sites is 1. The van der Waals surface area contributed by atoms with E-state index in [1.54, 1.807) is 0 Å². The van der Waals surface area contributed by atoms with E-state index < -0.39 is 0 Å². The van der Waals surface area contributed by atoms with Crippen molar-refractivity contribution in [2.75, 3.05) is 13.1 Å². The molecule has 0 aliphatic carbocycles. The molecule has 0 atom stereocenters. The summed E-state index contributed by atoms with van der Waals surface area (Å²) in [6, 6.07) is 12.3. The molecule has 0 radical (unpaired) electrons. The van der Waals surface area contributed by atoms with Crippen LogP contribution in [0.1, 0.15) is 41.7 Å². The van der Waals surface area contributed by atoms with Gasteiger partial charge in [0, 0.05) is 36.6 Å². The fourth-order valence-electron chi connectivity index (χ4n) is 3.56. The second-order valence-electron chi connectivity index (χ2n) is 7.52. The maximum atomic E-state index is 4.80. The zero-order valence-electron chi connectivity index (χ0n) is 19.1. The first kappa shape index (κ1) is 24.9. The number of aliphatic imine (C=N–C) groups is 1. The summed E-state index contributed by atoms with van der Waals surface area (Å²) in [7, 11) is 0. The van der Waals surface area contributed by atoms with E-state index in [0.29, 0.717) is 6.54 Å². The molecule has 0 aliphatic heterocycles. The highest BCUT2D eigenvalue weighted by Gasteiger charge is 2.12. The van der Waals surface area contributed by atoms with Crippen molar-refractivity contribution in [1.29, 1.82) is 0 Å². The van der Waals surface area contributed by atoms with Crippen LogP contribution in [-0.2, 0) is 13.1 Å². The van der Waals surface area contributed by atoms with E-state index in [9.17, 15) is 0 Å². The third kappa shape index (κ3) is 6.56. The molecule has 3 rings (SSSR count). The third-order valence-electron chi connectivity index (χ3n) is 5.12. The van der Waals surface area contributed by atoms with Crippen LogP contribution in [0.3, 0.4) is 0 Å². The van der Waals surface area contributed by atoms with Crippen molar-refractivity contribution in [2.24, 2.45) is 4.99 Å². The molecule has 0 saturated heterocycles. The van der Waals surface area contributed by atoms with Crippen LogP contribution >= 0.6 is 24.0 Å². The van der Waals surface area contributed by atoms with Gasteiger partial charge in [0.05, 0.1) is 23.6 Å². The van der Waals surface area contributed by atoms with E-state index in [1.807, 2.05) is 36.7 Å². The molecule has 168 valence electrons. The van der Waals surface area contributed by atoms with E-state index in [0.717, 1.165) is 54.8 Å². The maximum absolute atomic E-state index is 4.80. The first-order valence-corrected chi connectivity index (χ1v) is 10.6. The Hall–Kier alpha value is -2.36. The average Bonchev–Trinajstić information content (AvgIpc) is 3.21. The van der Waals surface area contributed by atoms with Crippen LogP contribution in [0.4, 0.5) is 0 Å². The van der Waals surface area contributed by atoms with Gasteiger partial charge in [0.15, 0.2) is 5.96 Å². The van der Waals surface area contributed by atoms with E-state index in [2.05, 4.69) is 59.4 Å². The molecule has 0 bridgehead atoms. The lowest BCUT2D eigenvalue weighted by Gasteiger charge is -2.12. The molecule has 2 aromatic heterocycles. The Kier molecular flexibility index (Phi) is 9.54. The van der Waals surface area contributed by atoms with Crippen LogP contribution in [0.5, 0.6) is 0 Å². The monoisotopic (exact) mass is 535 g/mol. The average molecular weight is 535 g/mol. The molecule has 2 heterocycles. The summed E-state index contributed by atoms with van der Waals surface area (Å²) in [4.78, 5) is 4.80. The van der Waals surface area contributed by atoms with Crippen LogP contribution in [-0.4, -0.2) is 38.6 Å². The lowest BCUT2D eigenvalue weighted by molar-refractivity contribution is 0.555. The first-order valence-electron chi connectivity index (χ1n) is 10.6. The Morgan fingerprint density at radius 1 is 1.03 bits per heavy atom. The number of hydrogen-bond acceptors (Lipinski definition) is 3. The van der Waals surface area contributed by atoms with Crippen LogP contribution in [0.25, 0.3) is 5.69 Å². The normalized spacial score (nSPS) is 11.3. The number of nitrogens with one attached hydrogen (secondary N) is 2. The highest BCUT2D eigenvalue weighted by Crippen LogP contribution is 2.18. The van der Waals surface area contributed by atoms with Gasteiger partial charge in [0.1, 0.15) is 0 Å². The Labute approximate surface area is 202 Å². The van der Waals surface area contributed by atoms with Crippen LogP contribution in [0.2, 0.25) is 0 Å². The molecule has 0 saturated carbocycles. The quantitative estimate of drug-likeness (QED) is 0.198. The smallest absolute Gasteiger partial charge is 0.191 e. The fraction of sp³-hybridized carbons (Fsp3) is 0.435. The topological polar surface area (TPSA) is 72.1 Å². The summed E-state index contributed by atoms with van der Waals surface area (Å²) in [6.07, 6.45) is 0.983. The molecule has 3 aromatic rings. The molecule has 0 unspecified atom stereocenters. The number of guanidine groups is 1. The SMILES string of the molecule is CCNC(=NCc1c(C)nn(-c2ccccc2)c1C)NCCCn1nc(C)cc1C.I. The Bertz CT molecular complexity index is 989. The van der Waals surface area contributed by atoms with Crippen LogP contribution in [0.15, 0.2) is 41.4 Å². The molecule has 31 heavy (non-hydrogen) atoms. The predicted octanol–water partition coefficient (Wildman–Crippen LogP) is 4.07. The van der Waals surface area contributed by atoms with Gasteiger partial charge in [-0.2, -0.15) is 10.2 Å². The molecular weight excluding hydrogens is 501 g/mol. The van der Waals surface area contributed by atoms with Crippen molar-refractivity contribution in [3.63, 3.8) is 0 Å². The summed E-state index contributed by atoms with van der Waals surface area (Å²) >= 11 is 0. The number of nitrogens with zero attached hydrogens (tertiary/aromatic N) is 5. The minimum Gasteiger partial charge on any atom is -0.357 e. The molecular formula is C23H34IN7. The maximum Gasteiger partial charge on any atom is 0.191 e. The van der Waals surface area contributed by atoms with Gasteiger partial charge >= 0.3 is 0 Å². The van der Waals surface area contributed by atoms with E-state index in [4.69, 9.17) is 10.1 Å². The predicted molar refractivity (Wildman–Crippen MR) is 138 cm³/mol. The van der Waals surface area contributed by atoms with Gasteiger partial charge in [0.25, 0.3) is 0 Å². The summed E-state index contributed by atoms with van der Waals surface area (Å²) in [6.45, 7) is 13.5. The molecule has 8 heteroatoms. The number of benzene rings is 1. The minimum absolute atomic E-state index is 0. The van der Waals surface area contributed by atoms with Gasteiger partial charge in [-0.15, -0.1) is 24.0 Å². The third-order valence-corrected chi connectivity index (χ3v) is 5.12. The van der Waals surface area contributed by atoms with E-state index in [1.165, 1.54) is 11.3 Å². The van der Waals surface area contributed by atoms with Crippen LogP contribution < -0.4 is 10.6 Å². The van der Waals surface area contributed by atoms with Crippen molar-refractivity contribution < 1.29 is 0 Å². The van der Waals surface area contributed by atoms with Gasteiger partial charge in [0.2, 0.25) is 0 Å². The summed E-state index contributed by atoms with van der Waals surface area (Å²) in [5.74, 6) is 0.831. The zero-order valence-corrected chi connectivity index (χ0v) is 21.5. The molecule has 0 spiro atoms. The molecule has 0 fully saturated rings. The van der Waals surface area contributed by atoms with Gasteiger partial charge in [-0.25, -0.2) is 9.67 Å². The highest BCUT2D eigenvalue weighted by molar-refractivity contribution is 14.0. The Balaban J connectivity index is 0.00000341. The second kappa shape index (κ2) is 11.9. The number of hydrogen-bond donors (Lipinski definition) is 2. The summed E-state index contributed by atoms with van der Waals surface area (Å²) in [5, 5.41) is 16.0. The number of halogens is 1. The summed E-state index contributed by atoms with van der Waals surface area (Å²) < 4.78 is 4.06. The molecule has 2 N–H and O–H groups in total. The van der Waals surface area contributed by atoms with Gasteiger partial charge < -0.3 is 10.6 Å². The number of rotatable bonds is 8. The van der Waals surface area contributed by atoms with Gasteiger partial charge in [-0.1, -0.05) is 18.2 Å². The fourth-order valence-corrected chi connectivity index (χ4v) is 3.56. The molecule has 1 aromatic carbocycles. The van der Waals surface area contributed by atoms with Crippen molar-refractivity contribution in [2.45, 2.75) is 54.1 Å². The minimum atomic E-state index is 0. The van der Waals surface area contributed by atoms with Crippen LogP contribution in [0, 0.1) is 27.7 Å². The number of aromatic nitrogens is 4. The van der Waals surface area contributed by atoms with Crippen molar-refractivity contribution in [1.82, 2.24) is 30.2 Å². The van der Waals surface area contributed by atoms with Gasteiger partial charge in [-0.05, 0) is 59.2 Å². The highest BCUT2D eigenvalue weighted by atomic mass is 127. The van der Waals surface area contributed by atoms with E-state index in [-0.39, 0.29) is 24.0 Å². The zero-order chi connectivity index (χ0) is 21.5. The summed E-state index contributed by atoms with van der Waals surface area (Å²) in [5.41, 5.74) is 6.65. The lowest BCUT2D eigenvalue weighted by Crippen LogP contribution is -2.38. The Morgan fingerprint density at radius 2 is 1.77 bits per heavy atom. The standard InChI is InChI=1S/C23H33N7.HI/c1-6-24-23(25-13-10-14-29-18(3)15-17(2)27-29)26-16-22-19(4)28-30(20(22)5)21-11-8-7-9-12-21;/h7-9,11-12,15H,6,10,13-14,16H2,1-5H3,(H2,24,25,26);1H. The molecule has 7 nitrogen and oxygen atoms in total. The van der Waals surface area contributed by atoms with Crippen molar-refractivity contribution >= 4 is 29.9 Å². The first-order chi connectivity index (χ1) is 14.5.